The molecular weight excluding hydrogens is 638 g/mol. The number of carbonyl (C=O) groups is 2. The Morgan fingerprint density at radius 1 is 0.706 bits per heavy atom. The Hall–Kier alpha value is -5.48. The average Bonchev–Trinajstić information content (AvgIpc) is 3.77. The lowest BCUT2D eigenvalue weighted by Crippen LogP contribution is -2.19. The third kappa shape index (κ3) is 6.47. The van der Waals surface area contributed by atoms with E-state index in [9.17, 15) is 9.59 Å². The first-order valence-electron chi connectivity index (χ1n) is 17.8. The molecule has 0 spiro atoms. The van der Waals surface area contributed by atoms with Gasteiger partial charge < -0.3 is 24.7 Å². The number of anilines is 1. The summed E-state index contributed by atoms with van der Waals surface area (Å²) < 4.78 is 23.7. The molecular formula is C44H41NO6. The van der Waals surface area contributed by atoms with Gasteiger partial charge >= 0.3 is 0 Å². The smallest absolute Gasteiger partial charge is 0.171 e. The van der Waals surface area contributed by atoms with Gasteiger partial charge in [0.25, 0.3) is 0 Å². The number of rotatable bonds is 10. The summed E-state index contributed by atoms with van der Waals surface area (Å²) in [6.07, 6.45) is 16.8. The van der Waals surface area contributed by atoms with Crippen molar-refractivity contribution in [1.82, 2.24) is 0 Å². The molecule has 4 atom stereocenters. The van der Waals surface area contributed by atoms with Crippen LogP contribution < -0.4 is 24.7 Å². The lowest BCUT2D eigenvalue weighted by Gasteiger charge is -2.20. The van der Waals surface area contributed by atoms with Crippen LogP contribution in [0.3, 0.4) is 0 Å². The number of fused-ring (bicyclic) bond motifs is 4. The van der Waals surface area contributed by atoms with Crippen molar-refractivity contribution in [3.05, 3.63) is 118 Å². The highest BCUT2D eigenvalue weighted by Crippen LogP contribution is 2.47. The van der Waals surface area contributed by atoms with Crippen molar-refractivity contribution in [3.8, 4) is 23.0 Å². The van der Waals surface area contributed by atoms with Crippen molar-refractivity contribution in [2.75, 3.05) is 33.2 Å². The highest BCUT2D eigenvalue weighted by Gasteiger charge is 2.39. The maximum Gasteiger partial charge on any atom is 0.171 e. The SMILES string of the molecule is COc1cc2c(cc1OCCCOc1cc3c(cc1OC)C(=O)C1C=C(C4CC4)C[C@H]1C=C=C3)C=C=CC1CC(c3ccc(N)cc3)=CC1C2=O. The maximum absolute atomic E-state index is 13.9. The van der Waals surface area contributed by atoms with E-state index in [0.29, 0.717) is 65.4 Å². The van der Waals surface area contributed by atoms with E-state index in [1.165, 1.54) is 18.4 Å². The zero-order chi connectivity index (χ0) is 35.1. The lowest BCUT2D eigenvalue weighted by atomic mass is 9.85. The van der Waals surface area contributed by atoms with Crippen molar-refractivity contribution < 1.29 is 28.5 Å². The highest BCUT2D eigenvalue weighted by molar-refractivity contribution is 6.05. The molecule has 2 N–H and O–H groups in total. The van der Waals surface area contributed by atoms with E-state index in [0.717, 1.165) is 35.1 Å². The Kier molecular flexibility index (Phi) is 8.77. The van der Waals surface area contributed by atoms with Crippen molar-refractivity contribution in [2.24, 2.45) is 29.6 Å². The minimum absolute atomic E-state index is 0.0315. The van der Waals surface area contributed by atoms with Crippen LogP contribution in [0.2, 0.25) is 0 Å². The van der Waals surface area contributed by atoms with Crippen LogP contribution in [-0.4, -0.2) is 39.0 Å². The highest BCUT2D eigenvalue weighted by atomic mass is 16.5. The Morgan fingerprint density at radius 3 is 1.80 bits per heavy atom. The summed E-state index contributed by atoms with van der Waals surface area (Å²) >= 11 is 0. The van der Waals surface area contributed by atoms with Gasteiger partial charge in [0.1, 0.15) is 0 Å². The van der Waals surface area contributed by atoms with Crippen molar-refractivity contribution >= 4 is 35.0 Å². The third-order valence-corrected chi connectivity index (χ3v) is 10.7. The average molecular weight is 680 g/mol. The number of methoxy groups -OCH3 is 2. The second-order valence-corrected chi connectivity index (χ2v) is 14.0. The van der Waals surface area contributed by atoms with Crippen LogP contribution in [0.5, 0.6) is 23.0 Å². The molecule has 1 fully saturated rings. The van der Waals surface area contributed by atoms with E-state index in [4.69, 9.17) is 24.7 Å². The number of allylic oxidation sites excluding steroid dienone is 6. The van der Waals surface area contributed by atoms with Crippen molar-refractivity contribution in [1.29, 1.82) is 0 Å². The molecule has 258 valence electrons. The van der Waals surface area contributed by atoms with E-state index in [-0.39, 0.29) is 35.2 Å². The molecule has 3 aromatic carbocycles. The first-order valence-corrected chi connectivity index (χ1v) is 17.8. The van der Waals surface area contributed by atoms with Crippen LogP contribution >= 0.6 is 0 Å². The summed E-state index contributed by atoms with van der Waals surface area (Å²) in [6.45, 7) is 0.717. The Bertz CT molecular complexity index is 2100. The zero-order valence-corrected chi connectivity index (χ0v) is 28.9. The normalized spacial score (nSPS) is 22.8. The standard InChI is InChI=1S/C44H41NO6/c1-48-39-24-37-30(8-3-6-28-18-32(26-10-11-26)20-35(28)43(37)46)22-41(39)50-16-5-17-51-42-23-31-9-4-7-29-19-33(27-12-14-34(45)15-13-27)21-36(29)44(47)38(31)25-40(42)49-2/h6-9,12-15,20-26,28-29,35-36H,5,10-11,16-19,45H2,1-2H3/t3?,4?,28-,29?,35?,36?/m1/s1. The molecule has 5 aliphatic rings. The van der Waals surface area contributed by atoms with Gasteiger partial charge in [-0.3, -0.25) is 9.59 Å². The Morgan fingerprint density at radius 2 is 1.25 bits per heavy atom. The van der Waals surface area contributed by atoms with Crippen LogP contribution in [0.25, 0.3) is 17.7 Å². The topological polar surface area (TPSA) is 97.1 Å². The van der Waals surface area contributed by atoms with Gasteiger partial charge in [0.15, 0.2) is 34.6 Å². The molecule has 0 saturated heterocycles. The summed E-state index contributed by atoms with van der Waals surface area (Å²) in [5.74, 6) is 2.71. The monoisotopic (exact) mass is 679 g/mol. The first-order chi connectivity index (χ1) is 24.9. The molecule has 8 rings (SSSR count). The molecule has 7 nitrogen and oxygen atoms in total. The quantitative estimate of drug-likeness (QED) is 0.0993. The summed E-state index contributed by atoms with van der Waals surface area (Å²) in [5, 5.41) is 0. The van der Waals surface area contributed by atoms with Gasteiger partial charge in [-0.1, -0.05) is 29.9 Å². The van der Waals surface area contributed by atoms with E-state index < -0.39 is 0 Å². The largest absolute Gasteiger partial charge is 0.493 e. The third-order valence-electron chi connectivity index (χ3n) is 10.7. The predicted molar refractivity (Wildman–Crippen MR) is 198 cm³/mol. The fourth-order valence-electron chi connectivity index (χ4n) is 7.81. The van der Waals surface area contributed by atoms with Crippen LogP contribution in [0.15, 0.2) is 89.9 Å². The second kappa shape index (κ2) is 13.7. The van der Waals surface area contributed by atoms with E-state index in [1.54, 1.807) is 26.4 Å². The number of nitrogen functional groups attached to an aromatic ring is 1. The molecule has 7 heteroatoms. The molecule has 1 saturated carbocycles. The van der Waals surface area contributed by atoms with Gasteiger partial charge in [-0.25, -0.2) is 0 Å². The Balaban J connectivity index is 0.936. The molecule has 3 aromatic rings. The molecule has 0 amide bonds. The molecule has 51 heavy (non-hydrogen) atoms. The van der Waals surface area contributed by atoms with E-state index >= 15 is 0 Å². The van der Waals surface area contributed by atoms with Gasteiger partial charge in [0.2, 0.25) is 0 Å². The molecule has 0 aliphatic heterocycles. The van der Waals surface area contributed by atoms with Crippen molar-refractivity contribution in [2.45, 2.75) is 32.1 Å². The van der Waals surface area contributed by atoms with Gasteiger partial charge in [-0.2, -0.15) is 0 Å². The van der Waals surface area contributed by atoms with Gasteiger partial charge in [0.05, 0.1) is 27.4 Å². The van der Waals surface area contributed by atoms with Gasteiger partial charge in [0, 0.05) is 46.9 Å². The summed E-state index contributed by atoms with van der Waals surface area (Å²) in [6, 6.07) is 15.1. The molecule has 5 aliphatic carbocycles. The van der Waals surface area contributed by atoms with Crippen LogP contribution in [0.1, 0.15) is 69.5 Å². The summed E-state index contributed by atoms with van der Waals surface area (Å²) in [5.41, 5.74) is 19.6. The lowest BCUT2D eigenvalue weighted by molar-refractivity contribution is 0.0920. The first kappa shape index (κ1) is 32.7. The number of Topliss-reactive ketones (excluding diaryl/α,β-unsaturated/α-hetero) is 2. The number of benzene rings is 3. The van der Waals surface area contributed by atoms with Crippen LogP contribution in [-0.2, 0) is 0 Å². The zero-order valence-electron chi connectivity index (χ0n) is 28.9. The molecule has 0 heterocycles. The fourth-order valence-corrected chi connectivity index (χ4v) is 7.81. The summed E-state index contributed by atoms with van der Waals surface area (Å²) in [7, 11) is 3.17. The van der Waals surface area contributed by atoms with Gasteiger partial charge in [-0.05, 0) is 115 Å². The number of hydrogen-bond donors (Lipinski definition) is 1. The minimum atomic E-state index is -0.290. The summed E-state index contributed by atoms with van der Waals surface area (Å²) in [4.78, 5) is 27.6. The minimum Gasteiger partial charge on any atom is -0.493 e. The van der Waals surface area contributed by atoms with Crippen molar-refractivity contribution in [3.63, 3.8) is 0 Å². The number of carbonyl (C=O) groups excluding carboxylic acids is 2. The number of nitrogens with two attached hydrogens (primary N) is 1. The number of hydrogen-bond acceptors (Lipinski definition) is 7. The number of ketones is 2. The second-order valence-electron chi connectivity index (χ2n) is 14.0. The Labute approximate surface area is 298 Å². The van der Waals surface area contributed by atoms with E-state index in [2.05, 4.69) is 29.7 Å². The molecule has 0 radical (unpaired) electrons. The van der Waals surface area contributed by atoms with Crippen LogP contribution in [0.4, 0.5) is 5.69 Å². The maximum atomic E-state index is 13.9. The number of ether oxygens (including phenoxy) is 4. The fraction of sp³-hybridized carbons (Fsp3) is 0.318. The van der Waals surface area contributed by atoms with Gasteiger partial charge in [-0.15, -0.1) is 11.5 Å². The predicted octanol–water partition coefficient (Wildman–Crippen LogP) is 8.56. The molecule has 3 unspecified atom stereocenters. The molecule has 0 aromatic heterocycles. The van der Waals surface area contributed by atoms with E-state index in [1.807, 2.05) is 54.6 Å². The molecule has 0 bridgehead atoms. The van der Waals surface area contributed by atoms with Crippen LogP contribution in [0, 0.1) is 29.6 Å².